The highest BCUT2D eigenvalue weighted by atomic mass is 31.2. The fourth-order valence-electron chi connectivity index (χ4n) is 4.07. The Morgan fingerprint density at radius 3 is 1.22 bits per heavy atom. The molecule has 5 rings (SSSR count). The Kier molecular flexibility index (Phi) is 5.83. The molecule has 1 nitrogen and oxygen atoms in total. The molecule has 2 heteroatoms. The molecule has 0 N–H and O–H groups in total. The van der Waals surface area contributed by atoms with Crippen molar-refractivity contribution in [2.75, 3.05) is 0 Å². The Morgan fingerprint density at radius 2 is 0.750 bits per heavy atom. The van der Waals surface area contributed by atoms with Crippen molar-refractivity contribution in [3.05, 3.63) is 146 Å². The molecule has 0 atom stereocenters. The molecule has 0 saturated heterocycles. The first-order valence-corrected chi connectivity index (χ1v) is 12.5. The van der Waals surface area contributed by atoms with Crippen molar-refractivity contribution in [3.8, 4) is 16.9 Å². The second-order valence-corrected chi connectivity index (χ2v) is 10.5. The summed E-state index contributed by atoms with van der Waals surface area (Å²) in [6.07, 6.45) is 0. The highest BCUT2D eigenvalue weighted by Gasteiger charge is 2.49. The van der Waals surface area contributed by atoms with Crippen LogP contribution in [0.2, 0.25) is 0 Å². The first-order chi connectivity index (χ1) is 15.9. The monoisotopic (exact) mass is 431 g/mol. The molecule has 0 fully saturated rings. The third-order valence-electron chi connectivity index (χ3n) is 5.57. The van der Waals surface area contributed by atoms with Gasteiger partial charge in [-0.3, -0.25) is 0 Å². The molecule has 0 saturated carbocycles. The van der Waals surface area contributed by atoms with Gasteiger partial charge in [-0.05, 0) is 48.0 Å². The lowest BCUT2D eigenvalue weighted by Gasteiger charge is -2.27. The van der Waals surface area contributed by atoms with Crippen LogP contribution in [0.25, 0.3) is 11.1 Å². The Labute approximate surface area is 190 Å². The Morgan fingerprint density at radius 1 is 0.375 bits per heavy atom. The van der Waals surface area contributed by atoms with Gasteiger partial charge >= 0.3 is 0 Å². The third kappa shape index (κ3) is 3.84. The van der Waals surface area contributed by atoms with Crippen LogP contribution in [0, 0.1) is 0 Å². The molecule has 0 amide bonds. The maximum absolute atomic E-state index is 7.26. The van der Waals surface area contributed by atoms with Crippen molar-refractivity contribution < 1.29 is 4.52 Å². The van der Waals surface area contributed by atoms with Crippen LogP contribution >= 0.6 is 7.49 Å². The topological polar surface area (TPSA) is 9.23 Å². The van der Waals surface area contributed by atoms with E-state index >= 15 is 0 Å². The number of hydrogen-bond acceptors (Lipinski definition) is 1. The molecule has 0 spiro atoms. The first kappa shape index (κ1) is 20.2. The minimum absolute atomic E-state index is 0.892. The van der Waals surface area contributed by atoms with Gasteiger partial charge in [-0.2, -0.15) is 0 Å². The molecule has 0 aliphatic rings. The second-order valence-electron chi connectivity index (χ2n) is 7.57. The van der Waals surface area contributed by atoms with Gasteiger partial charge in [-0.25, -0.2) is 0 Å². The van der Waals surface area contributed by atoms with E-state index in [0.29, 0.717) is 0 Å². The van der Waals surface area contributed by atoms with Gasteiger partial charge < -0.3 is 4.52 Å². The summed E-state index contributed by atoms with van der Waals surface area (Å²) < 4.78 is 7.26. The summed E-state index contributed by atoms with van der Waals surface area (Å²) in [6, 6.07) is 50.7. The SMILES string of the molecule is c1ccc(-c2ccccc2O[P+](c2ccccc2)(c2ccccc2)c2ccccc2)cc1. The van der Waals surface area contributed by atoms with Crippen LogP contribution in [0.1, 0.15) is 0 Å². The summed E-state index contributed by atoms with van der Waals surface area (Å²) in [6.45, 7) is 0. The van der Waals surface area contributed by atoms with Gasteiger partial charge in [0, 0.05) is 5.56 Å². The van der Waals surface area contributed by atoms with Gasteiger partial charge in [-0.1, -0.05) is 103 Å². The fourth-order valence-corrected chi connectivity index (χ4v) is 7.51. The van der Waals surface area contributed by atoms with Gasteiger partial charge in [0.15, 0.2) is 5.75 Å². The Bertz CT molecular complexity index is 1170. The van der Waals surface area contributed by atoms with Crippen LogP contribution in [0.4, 0.5) is 0 Å². The highest BCUT2D eigenvalue weighted by molar-refractivity contribution is 7.92. The molecule has 0 aliphatic carbocycles. The maximum atomic E-state index is 7.26. The Balaban J connectivity index is 1.78. The van der Waals surface area contributed by atoms with E-state index in [1.165, 1.54) is 15.9 Å². The smallest absolute Gasteiger partial charge is 0.287 e. The molecular formula is C30H24OP+. The summed E-state index contributed by atoms with van der Waals surface area (Å²) >= 11 is 0. The number of benzene rings is 5. The van der Waals surface area contributed by atoms with E-state index in [1.54, 1.807) is 0 Å². The molecule has 0 bridgehead atoms. The molecule has 5 aromatic rings. The van der Waals surface area contributed by atoms with Crippen molar-refractivity contribution in [2.24, 2.45) is 0 Å². The van der Waals surface area contributed by atoms with Crippen molar-refractivity contribution in [1.82, 2.24) is 0 Å². The van der Waals surface area contributed by atoms with Gasteiger partial charge in [-0.15, -0.1) is 0 Å². The van der Waals surface area contributed by atoms with E-state index in [2.05, 4.69) is 140 Å². The van der Waals surface area contributed by atoms with Crippen LogP contribution in [-0.2, 0) is 0 Å². The number of rotatable bonds is 6. The van der Waals surface area contributed by atoms with Crippen LogP contribution < -0.4 is 20.4 Å². The lowest BCUT2D eigenvalue weighted by Crippen LogP contribution is -2.34. The van der Waals surface area contributed by atoms with Crippen LogP contribution in [0.5, 0.6) is 5.75 Å². The van der Waals surface area contributed by atoms with Gasteiger partial charge in [0.2, 0.25) is 0 Å². The first-order valence-electron chi connectivity index (χ1n) is 10.8. The van der Waals surface area contributed by atoms with Crippen molar-refractivity contribution in [1.29, 1.82) is 0 Å². The third-order valence-corrected chi connectivity index (χ3v) is 9.11. The molecular weight excluding hydrogens is 407 g/mol. The van der Waals surface area contributed by atoms with Crippen molar-refractivity contribution >= 4 is 23.4 Å². The highest BCUT2D eigenvalue weighted by Crippen LogP contribution is 2.57. The predicted octanol–water partition coefficient (Wildman–Crippen LogP) is 6.64. The second kappa shape index (κ2) is 9.22. The average molecular weight is 431 g/mol. The summed E-state index contributed by atoms with van der Waals surface area (Å²) in [4.78, 5) is 0. The summed E-state index contributed by atoms with van der Waals surface area (Å²) in [5.41, 5.74) is 2.25. The molecule has 0 radical (unpaired) electrons. The van der Waals surface area contributed by atoms with Crippen molar-refractivity contribution in [3.63, 3.8) is 0 Å². The predicted molar refractivity (Wildman–Crippen MR) is 138 cm³/mol. The standard InChI is InChI=1S/C30H24OP/c1-5-15-25(16-6-1)29-23-13-14-24-30(29)31-32(26-17-7-2-8-18-26,27-19-9-3-10-20-27)28-21-11-4-12-22-28/h1-24H/q+1. The van der Waals surface area contributed by atoms with E-state index in [9.17, 15) is 0 Å². The average Bonchev–Trinajstić information content (AvgIpc) is 2.89. The zero-order valence-electron chi connectivity index (χ0n) is 17.7. The van der Waals surface area contributed by atoms with Crippen molar-refractivity contribution in [2.45, 2.75) is 0 Å². The number of hydrogen-bond donors (Lipinski definition) is 0. The minimum atomic E-state index is -2.42. The van der Waals surface area contributed by atoms with Crippen LogP contribution in [-0.4, -0.2) is 0 Å². The van der Waals surface area contributed by atoms with Gasteiger partial charge in [0.25, 0.3) is 7.49 Å². The summed E-state index contributed by atoms with van der Waals surface area (Å²) in [7, 11) is -2.42. The lowest BCUT2D eigenvalue weighted by atomic mass is 10.1. The van der Waals surface area contributed by atoms with Crippen LogP contribution in [0.3, 0.4) is 0 Å². The largest absolute Gasteiger partial charge is 0.334 e. The molecule has 0 heterocycles. The van der Waals surface area contributed by atoms with E-state index in [4.69, 9.17) is 4.52 Å². The van der Waals surface area contributed by atoms with E-state index in [-0.39, 0.29) is 0 Å². The fraction of sp³-hybridized carbons (Fsp3) is 0. The zero-order valence-corrected chi connectivity index (χ0v) is 18.6. The summed E-state index contributed by atoms with van der Waals surface area (Å²) in [5.74, 6) is 0.892. The minimum Gasteiger partial charge on any atom is -0.334 e. The Hall–Kier alpha value is -3.67. The normalized spacial score (nSPS) is 11.1. The molecule has 0 unspecified atom stereocenters. The lowest BCUT2D eigenvalue weighted by molar-refractivity contribution is 0.622. The van der Waals surface area contributed by atoms with Gasteiger partial charge in [0.1, 0.15) is 15.9 Å². The molecule has 0 aromatic heterocycles. The molecule has 154 valence electrons. The quantitative estimate of drug-likeness (QED) is 0.274. The maximum Gasteiger partial charge on any atom is 0.287 e. The molecule has 32 heavy (non-hydrogen) atoms. The van der Waals surface area contributed by atoms with E-state index in [1.807, 2.05) is 6.07 Å². The summed E-state index contributed by atoms with van der Waals surface area (Å²) in [5, 5.41) is 3.58. The number of para-hydroxylation sites is 1. The molecule has 0 aliphatic heterocycles. The zero-order chi connectivity index (χ0) is 21.6. The van der Waals surface area contributed by atoms with Crippen LogP contribution in [0.15, 0.2) is 146 Å². The van der Waals surface area contributed by atoms with Gasteiger partial charge in [0.05, 0.1) is 0 Å². The van der Waals surface area contributed by atoms with E-state index in [0.717, 1.165) is 16.9 Å². The molecule has 5 aromatic carbocycles. The van der Waals surface area contributed by atoms with E-state index < -0.39 is 7.49 Å².